The molecule has 0 aliphatic heterocycles. The minimum Gasteiger partial charge on any atom is -0.508 e. The first-order valence-electron chi connectivity index (χ1n) is 5.86. The van der Waals surface area contributed by atoms with Crippen LogP contribution in [-0.4, -0.2) is 22.8 Å². The molecular formula is C15H14O4. The van der Waals surface area contributed by atoms with Crippen molar-refractivity contribution in [3.8, 4) is 11.5 Å². The molecule has 2 rings (SSSR count). The Hall–Kier alpha value is -2.49. The Morgan fingerprint density at radius 1 is 1.11 bits per heavy atom. The summed E-state index contributed by atoms with van der Waals surface area (Å²) >= 11 is 0. The molecule has 4 nitrogen and oxygen atoms in total. The number of aliphatic carboxylic acids is 1. The highest BCUT2D eigenvalue weighted by Gasteiger charge is 2.21. The summed E-state index contributed by atoms with van der Waals surface area (Å²) in [7, 11) is 0. The zero-order valence-corrected chi connectivity index (χ0v) is 10.2. The van der Waals surface area contributed by atoms with Crippen LogP contribution in [0.3, 0.4) is 0 Å². The SMILES string of the molecule is O=C(O)C(COc1ccccc1)c1cccc(O)c1. The lowest BCUT2D eigenvalue weighted by Gasteiger charge is -2.14. The van der Waals surface area contributed by atoms with E-state index in [-0.39, 0.29) is 12.4 Å². The van der Waals surface area contributed by atoms with Gasteiger partial charge in [-0.25, -0.2) is 0 Å². The third-order valence-corrected chi connectivity index (χ3v) is 2.73. The van der Waals surface area contributed by atoms with Crippen molar-refractivity contribution >= 4 is 5.97 Å². The van der Waals surface area contributed by atoms with Gasteiger partial charge in [-0.3, -0.25) is 4.79 Å². The molecule has 0 radical (unpaired) electrons. The van der Waals surface area contributed by atoms with Crippen LogP contribution in [0.4, 0.5) is 0 Å². The summed E-state index contributed by atoms with van der Waals surface area (Å²) in [5.74, 6) is -1.13. The van der Waals surface area contributed by atoms with Gasteiger partial charge < -0.3 is 14.9 Å². The zero-order valence-electron chi connectivity index (χ0n) is 10.2. The Kier molecular flexibility index (Phi) is 4.03. The van der Waals surface area contributed by atoms with Crippen LogP contribution >= 0.6 is 0 Å². The smallest absolute Gasteiger partial charge is 0.314 e. The second-order valence-electron chi connectivity index (χ2n) is 4.11. The summed E-state index contributed by atoms with van der Waals surface area (Å²) in [5, 5.41) is 18.6. The van der Waals surface area contributed by atoms with Gasteiger partial charge in [0.1, 0.15) is 24.0 Å². The number of aromatic hydroxyl groups is 1. The first kappa shape index (κ1) is 13.0. The summed E-state index contributed by atoms with van der Waals surface area (Å²) in [6.07, 6.45) is 0. The Balaban J connectivity index is 2.11. The lowest BCUT2D eigenvalue weighted by Crippen LogP contribution is -2.19. The Morgan fingerprint density at radius 2 is 1.84 bits per heavy atom. The van der Waals surface area contributed by atoms with Gasteiger partial charge in [0.25, 0.3) is 0 Å². The maximum atomic E-state index is 11.3. The molecule has 4 heteroatoms. The van der Waals surface area contributed by atoms with E-state index in [2.05, 4.69) is 0 Å². The van der Waals surface area contributed by atoms with Crippen LogP contribution in [0.2, 0.25) is 0 Å². The number of hydrogen-bond donors (Lipinski definition) is 2. The Labute approximate surface area is 110 Å². The molecule has 0 amide bonds. The van der Waals surface area contributed by atoms with Crippen LogP contribution < -0.4 is 4.74 Å². The van der Waals surface area contributed by atoms with Crippen molar-refractivity contribution in [3.63, 3.8) is 0 Å². The van der Waals surface area contributed by atoms with E-state index in [1.807, 2.05) is 18.2 Å². The van der Waals surface area contributed by atoms with Gasteiger partial charge in [-0.2, -0.15) is 0 Å². The molecular weight excluding hydrogens is 244 g/mol. The molecule has 0 aliphatic rings. The van der Waals surface area contributed by atoms with Crippen molar-refractivity contribution in [2.75, 3.05) is 6.61 Å². The maximum Gasteiger partial charge on any atom is 0.314 e. The number of carboxylic acids is 1. The average molecular weight is 258 g/mol. The van der Waals surface area contributed by atoms with Gasteiger partial charge >= 0.3 is 5.97 Å². The minimum atomic E-state index is -0.985. The number of carbonyl (C=O) groups is 1. The van der Waals surface area contributed by atoms with Crippen LogP contribution in [0.5, 0.6) is 11.5 Å². The van der Waals surface area contributed by atoms with Crippen molar-refractivity contribution in [1.29, 1.82) is 0 Å². The van der Waals surface area contributed by atoms with Crippen LogP contribution in [-0.2, 0) is 4.79 Å². The molecule has 0 saturated carbocycles. The van der Waals surface area contributed by atoms with E-state index in [9.17, 15) is 15.0 Å². The van der Waals surface area contributed by atoms with Gasteiger partial charge in [-0.05, 0) is 29.8 Å². The third-order valence-electron chi connectivity index (χ3n) is 2.73. The Morgan fingerprint density at radius 3 is 2.47 bits per heavy atom. The molecule has 2 aromatic rings. The number of ether oxygens (including phenoxy) is 1. The van der Waals surface area contributed by atoms with E-state index in [4.69, 9.17) is 4.74 Å². The number of phenolic OH excluding ortho intramolecular Hbond substituents is 1. The molecule has 98 valence electrons. The summed E-state index contributed by atoms with van der Waals surface area (Å²) in [6, 6.07) is 15.2. The first-order valence-corrected chi connectivity index (χ1v) is 5.86. The standard InChI is InChI=1S/C15H14O4/c16-12-6-4-5-11(9-12)14(15(17)18)10-19-13-7-2-1-3-8-13/h1-9,14,16H,10H2,(H,17,18). The molecule has 0 spiro atoms. The Bertz CT molecular complexity index is 551. The fourth-order valence-electron chi connectivity index (χ4n) is 1.75. The highest BCUT2D eigenvalue weighted by molar-refractivity contribution is 5.76. The second-order valence-corrected chi connectivity index (χ2v) is 4.11. The predicted molar refractivity (Wildman–Crippen MR) is 70.4 cm³/mol. The highest BCUT2D eigenvalue weighted by Crippen LogP contribution is 2.22. The molecule has 19 heavy (non-hydrogen) atoms. The predicted octanol–water partition coefficient (Wildman–Crippen LogP) is 2.64. The molecule has 0 aliphatic carbocycles. The third kappa shape index (κ3) is 3.48. The van der Waals surface area contributed by atoms with Gasteiger partial charge in [0.2, 0.25) is 0 Å². The molecule has 0 bridgehead atoms. The number of hydrogen-bond acceptors (Lipinski definition) is 3. The van der Waals surface area contributed by atoms with E-state index in [1.54, 1.807) is 24.3 Å². The van der Waals surface area contributed by atoms with Gasteiger partial charge in [0.15, 0.2) is 0 Å². The van der Waals surface area contributed by atoms with Crippen molar-refractivity contribution < 1.29 is 19.7 Å². The van der Waals surface area contributed by atoms with Gasteiger partial charge in [-0.1, -0.05) is 30.3 Å². The summed E-state index contributed by atoms with van der Waals surface area (Å²) in [4.78, 5) is 11.3. The summed E-state index contributed by atoms with van der Waals surface area (Å²) in [6.45, 7) is 0.0167. The average Bonchev–Trinajstić information content (AvgIpc) is 2.40. The number of carboxylic acid groups (broad SMARTS) is 1. The normalized spacial score (nSPS) is 11.8. The summed E-state index contributed by atoms with van der Waals surface area (Å²) < 4.78 is 5.46. The number of para-hydroxylation sites is 1. The lowest BCUT2D eigenvalue weighted by atomic mass is 10.00. The maximum absolute atomic E-state index is 11.3. The molecule has 0 saturated heterocycles. The molecule has 1 atom stereocenters. The van der Waals surface area contributed by atoms with Crippen LogP contribution in [0, 0.1) is 0 Å². The number of phenols is 1. The lowest BCUT2D eigenvalue weighted by molar-refractivity contribution is -0.139. The van der Waals surface area contributed by atoms with E-state index in [0.717, 1.165) is 0 Å². The van der Waals surface area contributed by atoms with Gasteiger partial charge in [0, 0.05) is 0 Å². The van der Waals surface area contributed by atoms with E-state index < -0.39 is 11.9 Å². The van der Waals surface area contributed by atoms with Crippen molar-refractivity contribution in [2.45, 2.75) is 5.92 Å². The monoisotopic (exact) mass is 258 g/mol. The van der Waals surface area contributed by atoms with Gasteiger partial charge in [0.05, 0.1) is 0 Å². The zero-order chi connectivity index (χ0) is 13.7. The molecule has 0 heterocycles. The topological polar surface area (TPSA) is 66.8 Å². The molecule has 2 aromatic carbocycles. The van der Waals surface area contributed by atoms with Crippen molar-refractivity contribution in [2.24, 2.45) is 0 Å². The fraction of sp³-hybridized carbons (Fsp3) is 0.133. The van der Waals surface area contributed by atoms with Crippen LogP contribution in [0.15, 0.2) is 54.6 Å². The highest BCUT2D eigenvalue weighted by atomic mass is 16.5. The van der Waals surface area contributed by atoms with Crippen LogP contribution in [0.25, 0.3) is 0 Å². The summed E-state index contributed by atoms with van der Waals surface area (Å²) in [5.41, 5.74) is 0.517. The number of rotatable bonds is 5. The largest absolute Gasteiger partial charge is 0.508 e. The molecule has 0 aromatic heterocycles. The minimum absolute atomic E-state index is 0.0167. The van der Waals surface area contributed by atoms with Crippen molar-refractivity contribution in [1.82, 2.24) is 0 Å². The van der Waals surface area contributed by atoms with E-state index in [1.165, 1.54) is 12.1 Å². The quantitative estimate of drug-likeness (QED) is 0.865. The van der Waals surface area contributed by atoms with Crippen molar-refractivity contribution in [3.05, 3.63) is 60.2 Å². The molecule has 1 unspecified atom stereocenters. The first-order chi connectivity index (χ1) is 9.16. The van der Waals surface area contributed by atoms with E-state index >= 15 is 0 Å². The van der Waals surface area contributed by atoms with Crippen LogP contribution in [0.1, 0.15) is 11.5 Å². The fourth-order valence-corrected chi connectivity index (χ4v) is 1.75. The second kappa shape index (κ2) is 5.91. The molecule has 0 fully saturated rings. The van der Waals surface area contributed by atoms with Gasteiger partial charge in [-0.15, -0.1) is 0 Å². The number of benzene rings is 2. The molecule has 2 N–H and O–H groups in total. The van der Waals surface area contributed by atoms with E-state index in [0.29, 0.717) is 11.3 Å².